The number of carbonyl (C=O) groups is 1. The van der Waals surface area contributed by atoms with Crippen molar-refractivity contribution in [1.82, 2.24) is 4.98 Å². The van der Waals surface area contributed by atoms with Gasteiger partial charge in [0.25, 0.3) is 0 Å². The summed E-state index contributed by atoms with van der Waals surface area (Å²) in [5.74, 6) is -0.907. The number of halogens is 2. The van der Waals surface area contributed by atoms with E-state index in [2.05, 4.69) is 20.9 Å². The molecule has 0 spiro atoms. The standard InChI is InChI=1S/C13H9BrClNO3/c14-9-5-11(12(13(17)18)16-6-9)19-7-8-1-3-10(15)4-2-8/h1-6H,7H2,(H,17,18). The van der Waals surface area contributed by atoms with Gasteiger partial charge in [0.1, 0.15) is 6.61 Å². The molecule has 1 aromatic heterocycles. The zero-order valence-electron chi connectivity index (χ0n) is 9.64. The summed E-state index contributed by atoms with van der Waals surface area (Å²) in [6, 6.07) is 8.70. The predicted octanol–water partition coefficient (Wildman–Crippen LogP) is 3.77. The van der Waals surface area contributed by atoms with Crippen LogP contribution in [-0.4, -0.2) is 16.1 Å². The minimum atomic E-state index is -1.13. The fourth-order valence-corrected chi connectivity index (χ4v) is 1.87. The van der Waals surface area contributed by atoms with Crippen molar-refractivity contribution in [2.75, 3.05) is 0 Å². The molecule has 0 fully saturated rings. The highest BCUT2D eigenvalue weighted by molar-refractivity contribution is 9.10. The zero-order chi connectivity index (χ0) is 13.8. The number of hydrogen-bond donors (Lipinski definition) is 1. The number of carboxylic acids is 1. The summed E-state index contributed by atoms with van der Waals surface area (Å²) in [6.07, 6.45) is 1.42. The summed E-state index contributed by atoms with van der Waals surface area (Å²) in [6.45, 7) is 0.246. The van der Waals surface area contributed by atoms with Crippen LogP contribution < -0.4 is 4.74 Å². The van der Waals surface area contributed by atoms with Crippen molar-refractivity contribution < 1.29 is 14.6 Å². The van der Waals surface area contributed by atoms with Crippen molar-refractivity contribution in [1.29, 1.82) is 0 Å². The first-order valence-electron chi connectivity index (χ1n) is 5.32. The van der Waals surface area contributed by atoms with Crippen LogP contribution in [0.2, 0.25) is 5.02 Å². The second-order valence-corrected chi connectivity index (χ2v) is 5.07. The average Bonchev–Trinajstić information content (AvgIpc) is 2.38. The summed E-state index contributed by atoms with van der Waals surface area (Å²) in [4.78, 5) is 14.8. The first kappa shape index (κ1) is 13.8. The Kier molecular flexibility index (Phi) is 4.39. The molecule has 19 heavy (non-hydrogen) atoms. The van der Waals surface area contributed by atoms with Gasteiger partial charge in [0.15, 0.2) is 11.4 Å². The Labute approximate surface area is 123 Å². The van der Waals surface area contributed by atoms with Gasteiger partial charge in [-0.05, 0) is 39.7 Å². The maximum absolute atomic E-state index is 11.0. The van der Waals surface area contributed by atoms with E-state index in [4.69, 9.17) is 21.4 Å². The molecule has 0 atom stereocenters. The summed E-state index contributed by atoms with van der Waals surface area (Å²) >= 11 is 9.01. The van der Waals surface area contributed by atoms with Gasteiger partial charge in [-0.15, -0.1) is 0 Å². The number of aromatic nitrogens is 1. The van der Waals surface area contributed by atoms with Crippen LogP contribution in [0.1, 0.15) is 16.1 Å². The molecule has 1 heterocycles. The minimum absolute atomic E-state index is 0.114. The molecule has 4 nitrogen and oxygen atoms in total. The van der Waals surface area contributed by atoms with E-state index in [-0.39, 0.29) is 18.1 Å². The number of rotatable bonds is 4. The van der Waals surface area contributed by atoms with Crippen molar-refractivity contribution in [2.24, 2.45) is 0 Å². The lowest BCUT2D eigenvalue weighted by Crippen LogP contribution is -2.05. The topological polar surface area (TPSA) is 59.4 Å². The molecule has 0 saturated carbocycles. The number of ether oxygens (including phenoxy) is 1. The van der Waals surface area contributed by atoms with Crippen molar-refractivity contribution in [3.8, 4) is 5.75 Å². The number of hydrogen-bond acceptors (Lipinski definition) is 3. The summed E-state index contributed by atoms with van der Waals surface area (Å²) < 4.78 is 6.14. The SMILES string of the molecule is O=C(O)c1ncc(Br)cc1OCc1ccc(Cl)cc1. The second kappa shape index (κ2) is 6.04. The van der Waals surface area contributed by atoms with Crippen molar-refractivity contribution in [3.05, 3.63) is 57.3 Å². The molecular formula is C13H9BrClNO3. The Morgan fingerprint density at radius 1 is 1.37 bits per heavy atom. The van der Waals surface area contributed by atoms with Gasteiger partial charge >= 0.3 is 5.97 Å². The predicted molar refractivity (Wildman–Crippen MR) is 74.7 cm³/mol. The number of pyridine rings is 1. The van der Waals surface area contributed by atoms with Gasteiger partial charge < -0.3 is 9.84 Å². The molecule has 0 amide bonds. The average molecular weight is 343 g/mol. The number of aromatic carboxylic acids is 1. The van der Waals surface area contributed by atoms with Crippen molar-refractivity contribution in [3.63, 3.8) is 0 Å². The third-order valence-electron chi connectivity index (χ3n) is 2.33. The highest BCUT2D eigenvalue weighted by Crippen LogP contribution is 2.22. The number of nitrogens with zero attached hydrogens (tertiary/aromatic N) is 1. The molecule has 0 unspecified atom stereocenters. The fraction of sp³-hybridized carbons (Fsp3) is 0.0769. The van der Waals surface area contributed by atoms with E-state index in [1.165, 1.54) is 6.20 Å². The van der Waals surface area contributed by atoms with Crippen molar-refractivity contribution in [2.45, 2.75) is 6.61 Å². The minimum Gasteiger partial charge on any atom is -0.486 e. The zero-order valence-corrected chi connectivity index (χ0v) is 12.0. The Bertz CT molecular complexity index is 601. The van der Waals surface area contributed by atoms with E-state index in [9.17, 15) is 4.79 Å². The van der Waals surface area contributed by atoms with Gasteiger partial charge in [-0.1, -0.05) is 23.7 Å². The molecule has 0 aliphatic rings. The van der Waals surface area contributed by atoms with E-state index in [1.807, 2.05) is 12.1 Å². The molecule has 98 valence electrons. The Morgan fingerprint density at radius 3 is 2.68 bits per heavy atom. The van der Waals surface area contributed by atoms with Gasteiger partial charge in [0.2, 0.25) is 0 Å². The number of carboxylic acid groups (broad SMARTS) is 1. The molecule has 0 aliphatic carbocycles. The van der Waals surface area contributed by atoms with Crippen LogP contribution in [-0.2, 0) is 6.61 Å². The van der Waals surface area contributed by atoms with Gasteiger partial charge in [-0.25, -0.2) is 9.78 Å². The van der Waals surface area contributed by atoms with Crippen LogP contribution >= 0.6 is 27.5 Å². The van der Waals surface area contributed by atoms with Crippen molar-refractivity contribution >= 4 is 33.5 Å². The lowest BCUT2D eigenvalue weighted by atomic mass is 10.2. The molecule has 0 bridgehead atoms. The molecule has 2 aromatic rings. The van der Waals surface area contributed by atoms with Crippen LogP contribution in [0, 0.1) is 0 Å². The summed E-state index contributed by atoms with van der Waals surface area (Å²) in [7, 11) is 0. The van der Waals surface area contributed by atoms with E-state index in [0.29, 0.717) is 9.50 Å². The molecule has 2 rings (SSSR count). The normalized spacial score (nSPS) is 10.2. The Morgan fingerprint density at radius 2 is 2.05 bits per heavy atom. The molecular weight excluding hydrogens is 334 g/mol. The number of benzene rings is 1. The van der Waals surface area contributed by atoms with Gasteiger partial charge in [-0.3, -0.25) is 0 Å². The monoisotopic (exact) mass is 341 g/mol. The van der Waals surface area contributed by atoms with Gasteiger partial charge in [0.05, 0.1) is 0 Å². The summed E-state index contributed by atoms with van der Waals surface area (Å²) in [5, 5.41) is 9.65. The van der Waals surface area contributed by atoms with Crippen LogP contribution in [0.5, 0.6) is 5.75 Å². The van der Waals surface area contributed by atoms with Crippen LogP contribution in [0.4, 0.5) is 0 Å². The first-order valence-corrected chi connectivity index (χ1v) is 6.49. The molecule has 1 aromatic carbocycles. The Hall–Kier alpha value is -1.59. The highest BCUT2D eigenvalue weighted by Gasteiger charge is 2.13. The summed E-state index contributed by atoms with van der Waals surface area (Å²) in [5.41, 5.74) is 0.776. The molecule has 0 saturated heterocycles. The Balaban J connectivity index is 2.16. The fourth-order valence-electron chi connectivity index (χ4n) is 1.43. The highest BCUT2D eigenvalue weighted by atomic mass is 79.9. The molecule has 6 heteroatoms. The first-order chi connectivity index (χ1) is 9.06. The smallest absolute Gasteiger partial charge is 0.358 e. The van der Waals surface area contributed by atoms with E-state index in [0.717, 1.165) is 5.56 Å². The van der Waals surface area contributed by atoms with Crippen LogP contribution in [0.3, 0.4) is 0 Å². The molecule has 1 N–H and O–H groups in total. The van der Waals surface area contributed by atoms with E-state index >= 15 is 0 Å². The largest absolute Gasteiger partial charge is 0.486 e. The van der Waals surface area contributed by atoms with E-state index < -0.39 is 5.97 Å². The van der Waals surface area contributed by atoms with Gasteiger partial charge in [0, 0.05) is 15.7 Å². The molecule has 0 aliphatic heterocycles. The van der Waals surface area contributed by atoms with Crippen LogP contribution in [0.25, 0.3) is 0 Å². The lowest BCUT2D eigenvalue weighted by molar-refractivity contribution is 0.0685. The van der Waals surface area contributed by atoms with Gasteiger partial charge in [-0.2, -0.15) is 0 Å². The second-order valence-electron chi connectivity index (χ2n) is 3.72. The maximum atomic E-state index is 11.0. The maximum Gasteiger partial charge on any atom is 0.358 e. The lowest BCUT2D eigenvalue weighted by Gasteiger charge is -2.09. The molecule has 0 radical (unpaired) electrons. The quantitative estimate of drug-likeness (QED) is 0.918. The third kappa shape index (κ3) is 3.68. The van der Waals surface area contributed by atoms with Crippen LogP contribution in [0.15, 0.2) is 41.0 Å². The third-order valence-corrected chi connectivity index (χ3v) is 3.02. The van der Waals surface area contributed by atoms with E-state index in [1.54, 1.807) is 18.2 Å².